The summed E-state index contributed by atoms with van der Waals surface area (Å²) in [4.78, 5) is 19.8. The number of nitrogens with zero attached hydrogens (tertiary/aromatic N) is 2. The first kappa shape index (κ1) is 24.3. The van der Waals surface area contributed by atoms with Gasteiger partial charge in [0.05, 0.1) is 6.20 Å². The Kier molecular flexibility index (Phi) is 7.51. The summed E-state index contributed by atoms with van der Waals surface area (Å²) < 4.78 is 14.4. The van der Waals surface area contributed by atoms with E-state index in [4.69, 9.17) is 0 Å². The maximum absolute atomic E-state index is 14.4. The molecule has 6 nitrogen and oxygen atoms in total. The van der Waals surface area contributed by atoms with Gasteiger partial charge in [-0.15, -0.1) is 0 Å². The Morgan fingerprint density at radius 1 is 0.861 bits per heavy atom. The molecule has 1 aromatic heterocycles. The van der Waals surface area contributed by atoms with E-state index in [-0.39, 0.29) is 17.7 Å². The third-order valence-electron chi connectivity index (χ3n) is 5.20. The van der Waals surface area contributed by atoms with Crippen molar-refractivity contribution in [2.75, 3.05) is 16.0 Å². The second kappa shape index (κ2) is 11.1. The monoisotopic (exact) mass is 479 g/mol. The molecule has 0 aliphatic rings. The second-order valence-electron chi connectivity index (χ2n) is 8.29. The lowest BCUT2D eigenvalue weighted by atomic mass is 10.1. The van der Waals surface area contributed by atoms with Crippen molar-refractivity contribution in [1.82, 2.24) is 9.97 Å². The van der Waals surface area contributed by atoms with Gasteiger partial charge in [0.1, 0.15) is 0 Å². The number of carbonyl (C=O) groups excluding carboxylic acids is 1. The van der Waals surface area contributed by atoms with Crippen LogP contribution in [0.5, 0.6) is 0 Å². The van der Waals surface area contributed by atoms with Gasteiger partial charge >= 0.3 is 0 Å². The normalized spacial score (nSPS) is 10.8. The molecule has 36 heavy (non-hydrogen) atoms. The molecular formula is C29H26FN5O. The van der Waals surface area contributed by atoms with E-state index in [0.29, 0.717) is 11.4 Å². The molecule has 4 aromatic rings. The molecular weight excluding hydrogens is 453 g/mol. The molecule has 7 heteroatoms. The van der Waals surface area contributed by atoms with Crippen molar-refractivity contribution in [1.29, 1.82) is 0 Å². The highest BCUT2D eigenvalue weighted by molar-refractivity contribution is 5.99. The van der Waals surface area contributed by atoms with Crippen LogP contribution in [0.25, 0.3) is 12.2 Å². The molecule has 0 bridgehead atoms. The quantitative estimate of drug-likeness (QED) is 0.187. The molecule has 0 spiro atoms. The van der Waals surface area contributed by atoms with Gasteiger partial charge in [0.15, 0.2) is 11.6 Å². The van der Waals surface area contributed by atoms with E-state index in [9.17, 15) is 9.18 Å². The molecule has 180 valence electrons. The predicted octanol–water partition coefficient (Wildman–Crippen LogP) is 7.01. The van der Waals surface area contributed by atoms with Crippen molar-refractivity contribution in [3.05, 3.63) is 114 Å². The molecule has 0 saturated heterocycles. The van der Waals surface area contributed by atoms with Crippen molar-refractivity contribution < 1.29 is 9.18 Å². The van der Waals surface area contributed by atoms with Crippen molar-refractivity contribution >= 4 is 46.9 Å². The van der Waals surface area contributed by atoms with Gasteiger partial charge in [0, 0.05) is 17.1 Å². The minimum atomic E-state index is -0.604. The zero-order valence-corrected chi connectivity index (χ0v) is 20.0. The zero-order valence-electron chi connectivity index (χ0n) is 20.0. The summed E-state index contributed by atoms with van der Waals surface area (Å²) in [6.45, 7) is 7.61. The number of amides is 1. The van der Waals surface area contributed by atoms with E-state index >= 15 is 0 Å². The molecule has 0 atom stereocenters. The summed E-state index contributed by atoms with van der Waals surface area (Å²) in [6, 6.07) is 21.1. The minimum Gasteiger partial charge on any atom is -0.338 e. The van der Waals surface area contributed by atoms with Crippen LogP contribution in [0.2, 0.25) is 0 Å². The molecule has 1 heterocycles. The van der Waals surface area contributed by atoms with Crippen LogP contribution in [0.3, 0.4) is 0 Å². The third kappa shape index (κ3) is 6.64. The molecule has 0 aliphatic heterocycles. The first-order chi connectivity index (χ1) is 17.4. The van der Waals surface area contributed by atoms with Gasteiger partial charge in [0.25, 0.3) is 0 Å². The van der Waals surface area contributed by atoms with Crippen molar-refractivity contribution in [2.24, 2.45) is 0 Å². The molecule has 3 aromatic carbocycles. The van der Waals surface area contributed by atoms with Gasteiger partial charge in [-0.25, -0.2) is 9.37 Å². The third-order valence-corrected chi connectivity index (χ3v) is 5.20. The summed E-state index contributed by atoms with van der Waals surface area (Å²) in [5.74, 6) is -0.687. The minimum absolute atomic E-state index is 0.00713. The SMILES string of the molecule is C=CC(=O)Nc1cccc(Nc2nc(Nc3ccc(/C=C/c4cc(C)cc(C)c4)cc3)ncc2F)c1. The van der Waals surface area contributed by atoms with Crippen molar-refractivity contribution in [3.63, 3.8) is 0 Å². The Bertz CT molecular complexity index is 1410. The Labute approximate surface area is 209 Å². The number of aromatic nitrogens is 2. The smallest absolute Gasteiger partial charge is 0.247 e. The summed E-state index contributed by atoms with van der Waals surface area (Å²) in [5.41, 5.74) is 6.53. The summed E-state index contributed by atoms with van der Waals surface area (Å²) in [6.07, 6.45) is 6.42. The lowest BCUT2D eigenvalue weighted by Gasteiger charge is -2.11. The number of halogens is 1. The van der Waals surface area contributed by atoms with Crippen LogP contribution in [-0.4, -0.2) is 15.9 Å². The maximum Gasteiger partial charge on any atom is 0.247 e. The topological polar surface area (TPSA) is 78.9 Å². The maximum atomic E-state index is 14.4. The fraction of sp³-hybridized carbons (Fsp3) is 0.0690. The standard InChI is InChI=1S/C29H26FN5O/c1-4-27(36)32-24-6-5-7-25(17-24)33-28-26(30)18-31-29(35-28)34-23-12-10-21(11-13-23)8-9-22-15-19(2)14-20(3)16-22/h4-18H,1H2,2-3H3,(H,32,36)(H2,31,33,34,35)/b9-8+. The number of hydrogen-bond donors (Lipinski definition) is 3. The predicted molar refractivity (Wildman–Crippen MR) is 145 cm³/mol. The first-order valence-electron chi connectivity index (χ1n) is 11.3. The number of benzene rings is 3. The molecule has 1 amide bonds. The second-order valence-corrected chi connectivity index (χ2v) is 8.29. The van der Waals surface area contributed by atoms with Gasteiger partial charge in [0.2, 0.25) is 11.9 Å². The summed E-state index contributed by atoms with van der Waals surface area (Å²) in [7, 11) is 0. The fourth-order valence-corrected chi connectivity index (χ4v) is 3.62. The molecule has 0 saturated carbocycles. The van der Waals surface area contributed by atoms with Gasteiger partial charge < -0.3 is 16.0 Å². The van der Waals surface area contributed by atoms with E-state index in [2.05, 4.69) is 76.7 Å². The fourth-order valence-electron chi connectivity index (χ4n) is 3.62. The Morgan fingerprint density at radius 2 is 1.56 bits per heavy atom. The number of carbonyl (C=O) groups is 1. The Hall–Kier alpha value is -4.78. The number of nitrogens with one attached hydrogen (secondary N) is 3. The lowest BCUT2D eigenvalue weighted by molar-refractivity contribution is -0.111. The molecule has 3 N–H and O–H groups in total. The largest absolute Gasteiger partial charge is 0.338 e. The molecule has 4 rings (SSSR count). The van der Waals surface area contributed by atoms with E-state index < -0.39 is 5.82 Å². The van der Waals surface area contributed by atoms with Crippen LogP contribution >= 0.6 is 0 Å². The molecule has 0 aliphatic carbocycles. The highest BCUT2D eigenvalue weighted by Gasteiger charge is 2.09. The molecule has 0 unspecified atom stereocenters. The molecule has 0 fully saturated rings. The van der Waals surface area contributed by atoms with Gasteiger partial charge in [-0.2, -0.15) is 4.98 Å². The average molecular weight is 480 g/mol. The molecule has 0 radical (unpaired) electrons. The van der Waals surface area contributed by atoms with Crippen LogP contribution in [0.1, 0.15) is 22.3 Å². The number of rotatable bonds is 8. The van der Waals surface area contributed by atoms with E-state index in [1.807, 2.05) is 24.3 Å². The van der Waals surface area contributed by atoms with Gasteiger partial charge in [-0.1, -0.05) is 66.3 Å². The Balaban J connectivity index is 1.44. The highest BCUT2D eigenvalue weighted by Crippen LogP contribution is 2.23. The number of anilines is 5. The van der Waals surface area contributed by atoms with Crippen LogP contribution in [0, 0.1) is 19.7 Å². The van der Waals surface area contributed by atoms with Crippen molar-refractivity contribution in [3.8, 4) is 0 Å². The Morgan fingerprint density at radius 3 is 2.28 bits per heavy atom. The van der Waals surface area contributed by atoms with Crippen molar-refractivity contribution in [2.45, 2.75) is 13.8 Å². The highest BCUT2D eigenvalue weighted by atomic mass is 19.1. The van der Waals surface area contributed by atoms with Crippen LogP contribution in [-0.2, 0) is 4.79 Å². The average Bonchev–Trinajstić information content (AvgIpc) is 2.85. The number of hydrogen-bond acceptors (Lipinski definition) is 5. The van der Waals surface area contributed by atoms with Crippen LogP contribution < -0.4 is 16.0 Å². The summed E-state index contributed by atoms with van der Waals surface area (Å²) >= 11 is 0. The lowest BCUT2D eigenvalue weighted by Crippen LogP contribution is -2.07. The first-order valence-corrected chi connectivity index (χ1v) is 11.3. The van der Waals surface area contributed by atoms with Gasteiger partial charge in [-0.05, 0) is 61.4 Å². The zero-order chi connectivity index (χ0) is 25.5. The summed E-state index contributed by atoms with van der Waals surface area (Å²) in [5, 5.41) is 8.69. The van der Waals surface area contributed by atoms with Crippen LogP contribution in [0.4, 0.5) is 33.2 Å². The van der Waals surface area contributed by atoms with E-state index in [1.165, 1.54) is 17.2 Å². The van der Waals surface area contributed by atoms with Crippen LogP contribution in [0.15, 0.2) is 85.6 Å². The number of aryl methyl sites for hydroxylation is 2. The van der Waals surface area contributed by atoms with E-state index in [1.54, 1.807) is 24.3 Å². The van der Waals surface area contributed by atoms with E-state index in [0.717, 1.165) is 23.0 Å². The van der Waals surface area contributed by atoms with Gasteiger partial charge in [-0.3, -0.25) is 4.79 Å².